The molecule has 1 aliphatic rings. The highest BCUT2D eigenvalue weighted by atomic mass is 16.2. The Hall–Kier alpha value is -2.77. The van der Waals surface area contributed by atoms with Crippen LogP contribution in [-0.2, 0) is 11.3 Å². The zero-order valence-corrected chi connectivity index (χ0v) is 13.8. The Morgan fingerprint density at radius 3 is 2.54 bits per heavy atom. The topological polar surface area (TPSA) is 84.2 Å². The minimum Gasteiger partial charge on any atom is -0.353 e. The van der Waals surface area contributed by atoms with E-state index < -0.39 is 0 Å². The summed E-state index contributed by atoms with van der Waals surface area (Å²) in [6.45, 7) is 6.31. The van der Waals surface area contributed by atoms with E-state index in [1.807, 2.05) is 13.0 Å². The molecular formula is C16H20N6O2. The van der Waals surface area contributed by atoms with E-state index in [9.17, 15) is 9.59 Å². The van der Waals surface area contributed by atoms with Crippen LogP contribution in [-0.4, -0.2) is 56.7 Å². The minimum atomic E-state index is -0.260. The lowest BCUT2D eigenvalue weighted by Crippen LogP contribution is -2.50. The molecule has 1 amide bonds. The summed E-state index contributed by atoms with van der Waals surface area (Å²) in [5.74, 6) is 0.792. The van der Waals surface area contributed by atoms with Gasteiger partial charge in [-0.3, -0.25) is 9.59 Å². The van der Waals surface area contributed by atoms with Crippen molar-refractivity contribution in [1.82, 2.24) is 24.6 Å². The first-order valence-electron chi connectivity index (χ1n) is 7.89. The van der Waals surface area contributed by atoms with Crippen LogP contribution in [0.1, 0.15) is 11.4 Å². The van der Waals surface area contributed by atoms with Crippen molar-refractivity contribution in [3.8, 4) is 0 Å². The van der Waals surface area contributed by atoms with Gasteiger partial charge in [-0.2, -0.15) is 5.10 Å². The Bertz CT molecular complexity index is 795. The smallest absolute Gasteiger partial charge is 0.267 e. The second-order valence-electron chi connectivity index (χ2n) is 5.86. The maximum atomic E-state index is 12.4. The summed E-state index contributed by atoms with van der Waals surface area (Å²) >= 11 is 0. The Balaban J connectivity index is 1.61. The number of hydrogen-bond acceptors (Lipinski definition) is 6. The summed E-state index contributed by atoms with van der Waals surface area (Å²) in [5.41, 5.74) is 1.37. The van der Waals surface area contributed by atoms with Gasteiger partial charge in [0.2, 0.25) is 5.91 Å². The van der Waals surface area contributed by atoms with Crippen molar-refractivity contribution in [2.75, 3.05) is 31.1 Å². The summed E-state index contributed by atoms with van der Waals surface area (Å²) in [7, 11) is 0. The fraction of sp³-hybridized carbons (Fsp3) is 0.438. The van der Waals surface area contributed by atoms with E-state index in [1.165, 1.54) is 10.7 Å². The average Bonchev–Trinajstić information content (AvgIpc) is 2.58. The van der Waals surface area contributed by atoms with E-state index in [1.54, 1.807) is 24.2 Å². The number of aromatic nitrogens is 4. The highest BCUT2D eigenvalue weighted by Crippen LogP contribution is 2.13. The summed E-state index contributed by atoms with van der Waals surface area (Å²) in [4.78, 5) is 36.5. The average molecular weight is 328 g/mol. The van der Waals surface area contributed by atoms with E-state index in [4.69, 9.17) is 0 Å². The van der Waals surface area contributed by atoms with E-state index in [2.05, 4.69) is 20.0 Å². The number of amides is 1. The Morgan fingerprint density at radius 2 is 1.83 bits per heavy atom. The van der Waals surface area contributed by atoms with Crippen molar-refractivity contribution >= 4 is 11.7 Å². The lowest BCUT2D eigenvalue weighted by molar-refractivity contribution is -0.132. The van der Waals surface area contributed by atoms with Gasteiger partial charge in [0.25, 0.3) is 5.56 Å². The lowest BCUT2D eigenvalue weighted by atomic mass is 10.3. The maximum Gasteiger partial charge on any atom is 0.267 e. The SMILES string of the molecule is Cc1cc(N2CCN(C(=O)Cn3nc(C)ccc3=O)CC2)ncn1. The fourth-order valence-electron chi connectivity index (χ4n) is 2.69. The third-order valence-corrected chi connectivity index (χ3v) is 4.03. The van der Waals surface area contributed by atoms with E-state index in [0.717, 1.165) is 11.5 Å². The molecule has 2 aromatic rings. The normalized spacial score (nSPS) is 14.8. The van der Waals surface area contributed by atoms with Crippen LogP contribution in [0.25, 0.3) is 0 Å². The van der Waals surface area contributed by atoms with Crippen LogP contribution < -0.4 is 10.5 Å². The molecule has 0 spiro atoms. The minimum absolute atomic E-state index is 0.0207. The molecule has 1 fully saturated rings. The Kier molecular flexibility index (Phi) is 4.54. The molecule has 24 heavy (non-hydrogen) atoms. The first-order valence-corrected chi connectivity index (χ1v) is 7.89. The number of aryl methyl sites for hydroxylation is 2. The van der Waals surface area contributed by atoms with Crippen molar-refractivity contribution in [3.63, 3.8) is 0 Å². The van der Waals surface area contributed by atoms with E-state index in [0.29, 0.717) is 31.9 Å². The number of carbonyl (C=O) groups is 1. The van der Waals surface area contributed by atoms with Crippen LogP contribution in [0.3, 0.4) is 0 Å². The van der Waals surface area contributed by atoms with E-state index in [-0.39, 0.29) is 18.0 Å². The lowest BCUT2D eigenvalue weighted by Gasteiger charge is -2.35. The molecule has 0 N–H and O–H groups in total. The van der Waals surface area contributed by atoms with Crippen molar-refractivity contribution in [2.24, 2.45) is 0 Å². The fourth-order valence-corrected chi connectivity index (χ4v) is 2.69. The first kappa shape index (κ1) is 16.1. The molecular weight excluding hydrogens is 308 g/mol. The van der Waals surface area contributed by atoms with Crippen LogP contribution >= 0.6 is 0 Å². The van der Waals surface area contributed by atoms with Gasteiger partial charge in [-0.05, 0) is 19.9 Å². The molecule has 0 aromatic carbocycles. The molecule has 0 atom stereocenters. The van der Waals surface area contributed by atoms with Gasteiger partial charge in [0.15, 0.2) is 0 Å². The predicted molar refractivity (Wildman–Crippen MR) is 88.8 cm³/mol. The molecule has 0 bridgehead atoms. The van der Waals surface area contributed by atoms with Crippen LogP contribution in [0.4, 0.5) is 5.82 Å². The quantitative estimate of drug-likeness (QED) is 0.788. The summed E-state index contributed by atoms with van der Waals surface area (Å²) in [6, 6.07) is 5.02. The van der Waals surface area contributed by atoms with Gasteiger partial charge in [0, 0.05) is 44.0 Å². The molecule has 1 aliphatic heterocycles. The van der Waals surface area contributed by atoms with Crippen molar-refractivity contribution in [1.29, 1.82) is 0 Å². The molecule has 8 heteroatoms. The number of rotatable bonds is 3. The highest BCUT2D eigenvalue weighted by Gasteiger charge is 2.22. The molecule has 0 unspecified atom stereocenters. The third kappa shape index (κ3) is 3.58. The Labute approximate surface area is 139 Å². The largest absolute Gasteiger partial charge is 0.353 e. The molecule has 3 heterocycles. The molecule has 2 aromatic heterocycles. The van der Waals surface area contributed by atoms with Gasteiger partial charge in [0.05, 0.1) is 5.69 Å². The van der Waals surface area contributed by atoms with Gasteiger partial charge >= 0.3 is 0 Å². The van der Waals surface area contributed by atoms with Crippen molar-refractivity contribution in [3.05, 3.63) is 46.3 Å². The second-order valence-corrected chi connectivity index (χ2v) is 5.86. The van der Waals surface area contributed by atoms with Gasteiger partial charge in [0.1, 0.15) is 18.7 Å². The Morgan fingerprint density at radius 1 is 1.08 bits per heavy atom. The number of anilines is 1. The van der Waals surface area contributed by atoms with Gasteiger partial charge in [-0.1, -0.05) is 0 Å². The second kappa shape index (κ2) is 6.77. The van der Waals surface area contributed by atoms with Crippen LogP contribution in [0, 0.1) is 13.8 Å². The molecule has 126 valence electrons. The van der Waals surface area contributed by atoms with E-state index >= 15 is 0 Å². The summed E-state index contributed by atoms with van der Waals surface area (Å²) < 4.78 is 1.22. The predicted octanol–water partition coefficient (Wildman–Crippen LogP) is -0.00106. The molecule has 3 rings (SSSR count). The number of carbonyl (C=O) groups excluding carboxylic acids is 1. The highest BCUT2D eigenvalue weighted by molar-refractivity contribution is 5.76. The monoisotopic (exact) mass is 328 g/mol. The van der Waals surface area contributed by atoms with Crippen molar-refractivity contribution in [2.45, 2.75) is 20.4 Å². The number of nitrogens with zero attached hydrogens (tertiary/aromatic N) is 6. The van der Waals surface area contributed by atoms with Crippen LogP contribution in [0.2, 0.25) is 0 Å². The number of piperazine rings is 1. The molecule has 1 saturated heterocycles. The standard InChI is InChI=1S/C16H20N6O2/c1-12-3-4-15(23)22(19-12)10-16(24)21-7-5-20(6-8-21)14-9-13(2)17-11-18-14/h3-4,9,11H,5-8,10H2,1-2H3. The summed E-state index contributed by atoms with van der Waals surface area (Å²) in [5, 5.41) is 4.11. The summed E-state index contributed by atoms with van der Waals surface area (Å²) in [6.07, 6.45) is 1.55. The molecule has 0 radical (unpaired) electrons. The zero-order valence-electron chi connectivity index (χ0n) is 13.8. The van der Waals surface area contributed by atoms with Gasteiger partial charge < -0.3 is 9.80 Å². The first-order chi connectivity index (χ1) is 11.5. The molecule has 0 saturated carbocycles. The van der Waals surface area contributed by atoms with Gasteiger partial charge in [-0.15, -0.1) is 0 Å². The zero-order chi connectivity index (χ0) is 17.1. The maximum absolute atomic E-state index is 12.4. The van der Waals surface area contributed by atoms with Crippen LogP contribution in [0.5, 0.6) is 0 Å². The van der Waals surface area contributed by atoms with Gasteiger partial charge in [-0.25, -0.2) is 14.6 Å². The number of hydrogen-bond donors (Lipinski definition) is 0. The molecule has 8 nitrogen and oxygen atoms in total. The third-order valence-electron chi connectivity index (χ3n) is 4.03. The van der Waals surface area contributed by atoms with Crippen molar-refractivity contribution < 1.29 is 4.79 Å². The molecule has 0 aliphatic carbocycles. The van der Waals surface area contributed by atoms with Crippen LogP contribution in [0.15, 0.2) is 29.3 Å².